The molecule has 0 N–H and O–H groups in total. The van der Waals surface area contributed by atoms with Gasteiger partial charge in [-0.05, 0) is 31.2 Å². The number of nitro groups is 1. The molecule has 0 heterocycles. The first kappa shape index (κ1) is 23.0. The van der Waals surface area contributed by atoms with Crippen LogP contribution in [-0.4, -0.2) is 24.5 Å². The Balaban J connectivity index is 2.36. The molecule has 2 aromatic carbocycles. The van der Waals surface area contributed by atoms with Crippen LogP contribution in [0, 0.1) is 10.1 Å². The van der Waals surface area contributed by atoms with Crippen LogP contribution in [0.2, 0.25) is 5.02 Å². The number of rotatable bonds is 7. The normalized spacial score (nSPS) is 14.7. The average molecular weight is 454 g/mol. The Morgan fingerprint density at radius 2 is 1.83 bits per heavy atom. The maximum Gasteiger partial charge on any atom is 0.416 e. The topological polar surface area (TPSA) is 87.9 Å². The molecule has 0 spiro atoms. The van der Waals surface area contributed by atoms with Gasteiger partial charge in [0.15, 0.2) is 5.85 Å². The average Bonchev–Trinajstić information content (AvgIpc) is 2.62. The number of nitrogens with zero attached hydrogens (tertiary/aromatic N) is 1. The summed E-state index contributed by atoms with van der Waals surface area (Å²) in [6.07, 6.45) is -4.57. The third-order valence-corrected chi connectivity index (χ3v) is 6.38. The quantitative estimate of drug-likeness (QED) is 0.276. The number of ether oxygens (including phenoxy) is 2. The van der Waals surface area contributed by atoms with Crippen molar-refractivity contribution in [1.82, 2.24) is 0 Å². The Hall–Kier alpha value is -2.29. The van der Waals surface area contributed by atoms with Gasteiger partial charge in [0, 0.05) is 25.9 Å². The van der Waals surface area contributed by atoms with Gasteiger partial charge in [-0.2, -0.15) is 13.2 Å². The number of alkyl halides is 3. The molecule has 0 radical (unpaired) electrons. The van der Waals surface area contributed by atoms with Crippen molar-refractivity contribution >= 4 is 24.7 Å². The number of benzene rings is 2. The SMILES string of the molecule is COP(C)(=O)C(C)Oc1cc(Oc2ccc(C(F)(F)F)cc2Cl)ccc1[N+](=O)[O-]. The van der Waals surface area contributed by atoms with Gasteiger partial charge < -0.3 is 14.0 Å². The van der Waals surface area contributed by atoms with Crippen LogP contribution in [0.1, 0.15) is 12.5 Å². The molecule has 0 fully saturated rings. The van der Waals surface area contributed by atoms with Crippen LogP contribution >= 0.6 is 19.0 Å². The smallest absolute Gasteiger partial charge is 0.416 e. The van der Waals surface area contributed by atoms with Crippen molar-refractivity contribution in [2.24, 2.45) is 0 Å². The highest BCUT2D eigenvalue weighted by molar-refractivity contribution is 7.58. The van der Waals surface area contributed by atoms with Gasteiger partial charge in [-0.3, -0.25) is 14.7 Å². The molecule has 0 aliphatic rings. The van der Waals surface area contributed by atoms with Crippen LogP contribution in [0.3, 0.4) is 0 Å². The fourth-order valence-electron chi connectivity index (χ4n) is 2.12. The molecule has 29 heavy (non-hydrogen) atoms. The lowest BCUT2D eigenvalue weighted by Gasteiger charge is -2.20. The molecule has 2 unspecified atom stereocenters. The first-order valence-electron chi connectivity index (χ1n) is 7.97. The summed E-state index contributed by atoms with van der Waals surface area (Å²) >= 11 is 5.85. The van der Waals surface area contributed by atoms with Gasteiger partial charge in [0.05, 0.1) is 15.5 Å². The van der Waals surface area contributed by atoms with Crippen molar-refractivity contribution in [2.75, 3.05) is 13.8 Å². The van der Waals surface area contributed by atoms with Gasteiger partial charge in [-0.1, -0.05) is 11.6 Å². The van der Waals surface area contributed by atoms with E-state index in [2.05, 4.69) is 0 Å². The third kappa shape index (κ3) is 5.62. The van der Waals surface area contributed by atoms with Gasteiger partial charge in [-0.15, -0.1) is 0 Å². The highest BCUT2D eigenvalue weighted by Gasteiger charge is 2.31. The second-order valence-electron chi connectivity index (χ2n) is 5.94. The molecule has 2 aromatic rings. The Bertz CT molecular complexity index is 969. The molecule has 0 bridgehead atoms. The molecule has 2 rings (SSSR count). The number of hydrogen-bond acceptors (Lipinski definition) is 6. The molecule has 0 amide bonds. The molecule has 0 aliphatic heterocycles. The van der Waals surface area contributed by atoms with Crippen molar-refractivity contribution in [3.05, 3.63) is 57.1 Å². The lowest BCUT2D eigenvalue weighted by molar-refractivity contribution is -0.386. The minimum absolute atomic E-state index is 0.0165. The van der Waals surface area contributed by atoms with E-state index in [-0.39, 0.29) is 22.3 Å². The molecular formula is C17H16ClF3NO6P. The Morgan fingerprint density at radius 3 is 2.34 bits per heavy atom. The third-order valence-electron chi connectivity index (χ3n) is 3.94. The van der Waals surface area contributed by atoms with Gasteiger partial charge in [-0.25, -0.2) is 0 Å². The maximum atomic E-state index is 12.7. The molecule has 7 nitrogen and oxygen atoms in total. The van der Waals surface area contributed by atoms with Gasteiger partial charge >= 0.3 is 11.9 Å². The first-order valence-corrected chi connectivity index (χ1v) is 10.5. The molecule has 0 saturated heterocycles. The zero-order valence-electron chi connectivity index (χ0n) is 15.4. The second kappa shape index (κ2) is 8.61. The van der Waals surface area contributed by atoms with Crippen molar-refractivity contribution in [3.8, 4) is 17.2 Å². The summed E-state index contributed by atoms with van der Waals surface area (Å²) in [4.78, 5) is 10.5. The minimum atomic E-state index is -4.57. The van der Waals surface area contributed by atoms with Crippen LogP contribution in [0.15, 0.2) is 36.4 Å². The predicted molar refractivity (Wildman–Crippen MR) is 100 cm³/mol. The van der Waals surface area contributed by atoms with E-state index in [1.165, 1.54) is 26.8 Å². The minimum Gasteiger partial charge on any atom is -0.473 e. The van der Waals surface area contributed by atoms with E-state index < -0.39 is 35.6 Å². The molecule has 2 atom stereocenters. The zero-order chi connectivity index (χ0) is 22.0. The van der Waals surface area contributed by atoms with Gasteiger partial charge in [0.25, 0.3) is 0 Å². The lowest BCUT2D eigenvalue weighted by atomic mass is 10.2. The highest BCUT2D eigenvalue weighted by Crippen LogP contribution is 2.49. The summed E-state index contributed by atoms with van der Waals surface area (Å²) in [6, 6.07) is 5.99. The fourth-order valence-corrected chi connectivity index (χ4v) is 2.94. The molecule has 0 aliphatic carbocycles. The molecule has 12 heteroatoms. The van der Waals surface area contributed by atoms with Crippen LogP contribution in [-0.2, 0) is 15.3 Å². The van der Waals surface area contributed by atoms with Crippen molar-refractivity contribution < 1.29 is 36.7 Å². The van der Waals surface area contributed by atoms with Gasteiger partial charge in [0.1, 0.15) is 11.5 Å². The van der Waals surface area contributed by atoms with Crippen LogP contribution in [0.4, 0.5) is 18.9 Å². The summed E-state index contributed by atoms with van der Waals surface area (Å²) in [5.41, 5.74) is -1.37. The van der Waals surface area contributed by atoms with E-state index in [1.807, 2.05) is 0 Å². The lowest BCUT2D eigenvalue weighted by Crippen LogP contribution is -2.14. The summed E-state index contributed by atoms with van der Waals surface area (Å²) < 4.78 is 66.2. The zero-order valence-corrected chi connectivity index (χ0v) is 17.0. The summed E-state index contributed by atoms with van der Waals surface area (Å²) in [6.45, 7) is 2.74. The van der Waals surface area contributed by atoms with Crippen LogP contribution < -0.4 is 9.47 Å². The Morgan fingerprint density at radius 1 is 1.17 bits per heavy atom. The number of nitro benzene ring substituents is 1. The Kier molecular flexibility index (Phi) is 6.82. The summed E-state index contributed by atoms with van der Waals surface area (Å²) in [5, 5.41) is 10.9. The number of hydrogen-bond donors (Lipinski definition) is 0. The standard InChI is InChI=1S/C17H16ClF3NO6P/c1-10(29(3,25)26-2)27-16-9-12(5-6-14(16)22(23)24)28-15-7-4-11(8-13(15)18)17(19,20)21/h4-10H,1-3H3. The first-order chi connectivity index (χ1) is 13.3. The Labute approximate surface area is 168 Å². The van der Waals surface area contributed by atoms with Crippen LogP contribution in [0.5, 0.6) is 17.2 Å². The summed E-state index contributed by atoms with van der Waals surface area (Å²) in [7, 11) is -1.98. The largest absolute Gasteiger partial charge is 0.473 e. The maximum absolute atomic E-state index is 12.7. The fraction of sp³-hybridized carbons (Fsp3) is 0.294. The molecule has 0 aromatic heterocycles. The molecule has 0 saturated carbocycles. The molecular weight excluding hydrogens is 438 g/mol. The van der Waals surface area contributed by atoms with E-state index in [0.29, 0.717) is 6.07 Å². The summed E-state index contributed by atoms with van der Waals surface area (Å²) in [5.74, 6) is -1.33. The van der Waals surface area contributed by atoms with Gasteiger partial charge in [0.2, 0.25) is 13.1 Å². The van der Waals surface area contributed by atoms with E-state index in [1.54, 1.807) is 0 Å². The predicted octanol–water partition coefficient (Wildman–Crippen LogP) is 6.34. The highest BCUT2D eigenvalue weighted by atomic mass is 35.5. The van der Waals surface area contributed by atoms with E-state index in [9.17, 15) is 27.9 Å². The van der Waals surface area contributed by atoms with Crippen molar-refractivity contribution in [1.29, 1.82) is 0 Å². The van der Waals surface area contributed by atoms with E-state index in [4.69, 9.17) is 25.6 Å². The van der Waals surface area contributed by atoms with Crippen LogP contribution in [0.25, 0.3) is 0 Å². The molecule has 158 valence electrons. The van der Waals surface area contributed by atoms with E-state index >= 15 is 0 Å². The number of halogens is 4. The second-order valence-corrected chi connectivity index (χ2v) is 9.26. The van der Waals surface area contributed by atoms with Crippen molar-refractivity contribution in [2.45, 2.75) is 18.9 Å². The monoisotopic (exact) mass is 453 g/mol. The van der Waals surface area contributed by atoms with E-state index in [0.717, 1.165) is 24.3 Å². The van der Waals surface area contributed by atoms with Crippen molar-refractivity contribution in [3.63, 3.8) is 0 Å².